The van der Waals surface area contributed by atoms with E-state index in [1.165, 1.54) is 0 Å². The molecule has 3 N–H and O–H groups in total. The van der Waals surface area contributed by atoms with E-state index >= 15 is 0 Å². The number of sulfonamides is 1. The van der Waals surface area contributed by atoms with E-state index in [2.05, 4.69) is 4.72 Å². The monoisotopic (exact) mass is 211 g/mol. The molecule has 0 atom stereocenters. The molecule has 0 aliphatic heterocycles. The third-order valence-corrected chi connectivity index (χ3v) is 3.82. The molecular weight excluding hydrogens is 194 g/mol. The SMILES string of the molecule is CC(C)(C)S(=O)(=O)NC(CO)CO. The van der Waals surface area contributed by atoms with Gasteiger partial charge in [0.05, 0.1) is 24.0 Å². The molecule has 0 bridgehead atoms. The summed E-state index contributed by atoms with van der Waals surface area (Å²) in [6.07, 6.45) is 0. The van der Waals surface area contributed by atoms with Crippen LogP contribution in [0, 0.1) is 0 Å². The zero-order valence-corrected chi connectivity index (χ0v) is 8.93. The van der Waals surface area contributed by atoms with E-state index in [-0.39, 0.29) is 0 Å². The predicted octanol–water partition coefficient (Wildman–Crippen LogP) is -0.942. The molecule has 80 valence electrons. The van der Waals surface area contributed by atoms with Gasteiger partial charge in [0, 0.05) is 0 Å². The van der Waals surface area contributed by atoms with Crippen LogP contribution < -0.4 is 4.72 Å². The van der Waals surface area contributed by atoms with Crippen molar-refractivity contribution in [2.24, 2.45) is 0 Å². The quantitative estimate of drug-likeness (QED) is 0.560. The summed E-state index contributed by atoms with van der Waals surface area (Å²) in [6.45, 7) is 3.81. The first-order valence-electron chi connectivity index (χ1n) is 3.98. The largest absolute Gasteiger partial charge is 0.395 e. The smallest absolute Gasteiger partial charge is 0.216 e. The number of rotatable bonds is 4. The van der Waals surface area contributed by atoms with E-state index in [0.29, 0.717) is 0 Å². The molecule has 0 amide bonds. The zero-order valence-electron chi connectivity index (χ0n) is 8.11. The van der Waals surface area contributed by atoms with Crippen LogP contribution in [-0.4, -0.2) is 42.6 Å². The molecule has 0 rings (SSSR count). The van der Waals surface area contributed by atoms with Crippen molar-refractivity contribution >= 4 is 10.0 Å². The van der Waals surface area contributed by atoms with Crippen molar-refractivity contribution in [2.45, 2.75) is 31.6 Å². The molecule has 0 aliphatic carbocycles. The third kappa shape index (κ3) is 3.60. The highest BCUT2D eigenvalue weighted by Gasteiger charge is 2.30. The lowest BCUT2D eigenvalue weighted by molar-refractivity contribution is 0.184. The minimum atomic E-state index is -3.49. The Hall–Kier alpha value is -0.170. The summed E-state index contributed by atoms with van der Waals surface area (Å²) in [7, 11) is -3.49. The number of hydrogen-bond acceptors (Lipinski definition) is 4. The number of aliphatic hydroxyl groups excluding tert-OH is 2. The Morgan fingerprint density at radius 1 is 1.23 bits per heavy atom. The van der Waals surface area contributed by atoms with Gasteiger partial charge in [0.15, 0.2) is 0 Å². The Balaban J connectivity index is 4.52. The molecule has 0 aromatic carbocycles. The van der Waals surface area contributed by atoms with E-state index in [0.717, 1.165) is 0 Å². The Kier molecular flexibility index (Phi) is 4.31. The van der Waals surface area contributed by atoms with Gasteiger partial charge in [-0.15, -0.1) is 0 Å². The van der Waals surface area contributed by atoms with Crippen LogP contribution in [0.5, 0.6) is 0 Å². The van der Waals surface area contributed by atoms with Gasteiger partial charge in [-0.2, -0.15) is 0 Å². The van der Waals surface area contributed by atoms with E-state index in [4.69, 9.17) is 10.2 Å². The van der Waals surface area contributed by atoms with Crippen molar-refractivity contribution in [3.05, 3.63) is 0 Å². The zero-order chi connectivity index (χ0) is 10.7. The van der Waals surface area contributed by atoms with Gasteiger partial charge < -0.3 is 10.2 Å². The van der Waals surface area contributed by atoms with Gasteiger partial charge in [-0.1, -0.05) is 0 Å². The molecule has 0 aromatic rings. The van der Waals surface area contributed by atoms with Gasteiger partial charge in [0.25, 0.3) is 0 Å². The van der Waals surface area contributed by atoms with Crippen LogP contribution in [0.15, 0.2) is 0 Å². The molecule has 0 aliphatic rings. The second kappa shape index (κ2) is 4.36. The summed E-state index contributed by atoms with van der Waals surface area (Å²) >= 11 is 0. The third-order valence-electron chi connectivity index (χ3n) is 1.57. The van der Waals surface area contributed by atoms with Crippen molar-refractivity contribution < 1.29 is 18.6 Å². The maximum absolute atomic E-state index is 11.4. The van der Waals surface area contributed by atoms with Crippen molar-refractivity contribution in [2.75, 3.05) is 13.2 Å². The lowest BCUT2D eigenvalue weighted by atomic mass is 10.3. The normalized spacial score (nSPS) is 13.7. The molecule has 0 saturated heterocycles. The maximum atomic E-state index is 11.4. The summed E-state index contributed by atoms with van der Waals surface area (Å²) in [5.74, 6) is 0. The first-order valence-corrected chi connectivity index (χ1v) is 5.46. The molecular formula is C7H17NO4S. The fraction of sp³-hybridized carbons (Fsp3) is 1.00. The molecule has 0 saturated carbocycles. The molecule has 0 aromatic heterocycles. The highest BCUT2D eigenvalue weighted by Crippen LogP contribution is 2.13. The van der Waals surface area contributed by atoms with Crippen LogP contribution in [0.2, 0.25) is 0 Å². The Morgan fingerprint density at radius 3 is 1.85 bits per heavy atom. The van der Waals surface area contributed by atoms with Gasteiger partial charge in [0.2, 0.25) is 10.0 Å². The maximum Gasteiger partial charge on any atom is 0.216 e. The Labute approximate surface area is 78.8 Å². The fourth-order valence-electron chi connectivity index (χ4n) is 0.528. The lowest BCUT2D eigenvalue weighted by Gasteiger charge is -2.23. The van der Waals surface area contributed by atoms with Gasteiger partial charge in [-0.25, -0.2) is 13.1 Å². The first-order chi connectivity index (χ1) is 5.74. The summed E-state index contributed by atoms with van der Waals surface area (Å²) < 4.78 is 24.2. The number of aliphatic hydroxyl groups is 2. The van der Waals surface area contributed by atoms with E-state index in [1.807, 2.05) is 0 Å². The molecule has 5 nitrogen and oxygen atoms in total. The van der Waals surface area contributed by atoms with Crippen LogP contribution in [0.1, 0.15) is 20.8 Å². The molecule has 0 radical (unpaired) electrons. The van der Waals surface area contributed by atoms with Gasteiger partial charge in [-0.3, -0.25) is 0 Å². The fourth-order valence-corrected chi connectivity index (χ4v) is 1.47. The average Bonchev–Trinajstić information content (AvgIpc) is 1.98. The van der Waals surface area contributed by atoms with Gasteiger partial charge in [-0.05, 0) is 20.8 Å². The van der Waals surface area contributed by atoms with Crippen LogP contribution in [-0.2, 0) is 10.0 Å². The lowest BCUT2D eigenvalue weighted by Crippen LogP contribution is -2.47. The summed E-state index contributed by atoms with van der Waals surface area (Å²) in [5.41, 5.74) is 0. The predicted molar refractivity (Wildman–Crippen MR) is 49.8 cm³/mol. The Morgan fingerprint density at radius 2 is 1.62 bits per heavy atom. The molecule has 0 heterocycles. The topological polar surface area (TPSA) is 86.6 Å². The highest BCUT2D eigenvalue weighted by molar-refractivity contribution is 7.90. The number of nitrogens with one attached hydrogen (secondary N) is 1. The van der Waals surface area contributed by atoms with Crippen LogP contribution in [0.25, 0.3) is 0 Å². The van der Waals surface area contributed by atoms with Gasteiger partial charge in [0.1, 0.15) is 0 Å². The molecule has 6 heteroatoms. The van der Waals surface area contributed by atoms with Crippen LogP contribution in [0.4, 0.5) is 0 Å². The molecule has 0 fully saturated rings. The second-order valence-corrected chi connectivity index (χ2v) is 6.26. The molecule has 0 unspecified atom stereocenters. The van der Waals surface area contributed by atoms with Crippen LogP contribution in [0.3, 0.4) is 0 Å². The van der Waals surface area contributed by atoms with Crippen LogP contribution >= 0.6 is 0 Å². The summed E-state index contributed by atoms with van der Waals surface area (Å²) in [4.78, 5) is 0. The minimum Gasteiger partial charge on any atom is -0.395 e. The number of hydrogen-bond donors (Lipinski definition) is 3. The van der Waals surface area contributed by atoms with E-state index in [1.54, 1.807) is 20.8 Å². The first kappa shape index (κ1) is 12.8. The standard InChI is InChI=1S/C7H17NO4S/c1-7(2,3)13(11,12)8-6(4-9)5-10/h6,8-10H,4-5H2,1-3H3. The van der Waals surface area contributed by atoms with E-state index in [9.17, 15) is 8.42 Å². The van der Waals surface area contributed by atoms with Crippen molar-refractivity contribution in [1.82, 2.24) is 4.72 Å². The highest BCUT2D eigenvalue weighted by atomic mass is 32.2. The summed E-state index contributed by atoms with van der Waals surface area (Å²) in [5, 5.41) is 17.3. The minimum absolute atomic E-state index is 0.411. The molecule has 0 spiro atoms. The summed E-state index contributed by atoms with van der Waals surface area (Å²) in [6, 6.07) is -0.816. The van der Waals surface area contributed by atoms with Crippen molar-refractivity contribution in [1.29, 1.82) is 0 Å². The Bertz CT molecular complexity index is 238. The van der Waals surface area contributed by atoms with Crippen molar-refractivity contribution in [3.63, 3.8) is 0 Å². The molecule has 13 heavy (non-hydrogen) atoms. The van der Waals surface area contributed by atoms with E-state index < -0.39 is 34.0 Å². The average molecular weight is 211 g/mol. The second-order valence-electron chi connectivity index (χ2n) is 3.80. The van der Waals surface area contributed by atoms with Gasteiger partial charge >= 0.3 is 0 Å². The van der Waals surface area contributed by atoms with Crippen molar-refractivity contribution in [3.8, 4) is 0 Å².